The van der Waals surface area contributed by atoms with Crippen molar-refractivity contribution in [2.45, 2.75) is 12.0 Å². The molecule has 1 aliphatic heterocycles. The Kier molecular flexibility index (Phi) is 4.98. The molecule has 0 aromatic heterocycles. The maximum absolute atomic E-state index is 12.9. The van der Waals surface area contributed by atoms with Gasteiger partial charge >= 0.3 is 0 Å². The summed E-state index contributed by atoms with van der Waals surface area (Å²) in [5.41, 5.74) is -0.620. The van der Waals surface area contributed by atoms with Crippen LogP contribution in [-0.4, -0.2) is 30.5 Å². The number of ketones is 1. The molecule has 2 aromatic carbocycles. The van der Waals surface area contributed by atoms with Gasteiger partial charge in [0.25, 0.3) is 5.91 Å². The molecule has 3 rings (SSSR count). The lowest BCUT2D eigenvalue weighted by molar-refractivity contribution is -0.135. The largest absolute Gasteiger partial charge is 0.496 e. The lowest BCUT2D eigenvalue weighted by atomic mass is 9.88. The van der Waals surface area contributed by atoms with Crippen molar-refractivity contribution in [2.24, 2.45) is 0 Å². The van der Waals surface area contributed by atoms with E-state index in [2.05, 4.69) is 22.5 Å². The first-order valence-corrected chi connectivity index (χ1v) is 8.83. The van der Waals surface area contributed by atoms with Crippen molar-refractivity contribution < 1.29 is 19.4 Å². The molecule has 6 heteroatoms. The SMILES string of the molecule is C=CCN1C(=O)C(O)(CC(=O)c2ccccc2OC)c2cc(Br)ccc21. The number of carbonyl (C=O) groups is 2. The number of aliphatic hydroxyl groups is 1. The molecule has 0 aliphatic carbocycles. The zero-order valence-corrected chi connectivity index (χ0v) is 15.8. The maximum atomic E-state index is 12.9. The van der Waals surface area contributed by atoms with Crippen LogP contribution in [0.5, 0.6) is 5.75 Å². The summed E-state index contributed by atoms with van der Waals surface area (Å²) in [5, 5.41) is 11.2. The number of amides is 1. The van der Waals surface area contributed by atoms with Crippen LogP contribution in [0.3, 0.4) is 0 Å². The third-order valence-electron chi connectivity index (χ3n) is 4.43. The Bertz CT molecular complexity index is 895. The Labute approximate surface area is 160 Å². The van der Waals surface area contributed by atoms with Crippen LogP contribution in [0.15, 0.2) is 59.6 Å². The maximum Gasteiger partial charge on any atom is 0.264 e. The van der Waals surface area contributed by atoms with Gasteiger partial charge in [-0.3, -0.25) is 9.59 Å². The molecule has 0 spiro atoms. The molecule has 0 radical (unpaired) electrons. The summed E-state index contributed by atoms with van der Waals surface area (Å²) >= 11 is 3.36. The van der Waals surface area contributed by atoms with Crippen LogP contribution in [0.2, 0.25) is 0 Å². The van der Waals surface area contributed by atoms with E-state index in [1.807, 2.05) is 0 Å². The molecule has 0 fully saturated rings. The van der Waals surface area contributed by atoms with Gasteiger partial charge in [-0.1, -0.05) is 34.1 Å². The summed E-state index contributed by atoms with van der Waals surface area (Å²) in [6.07, 6.45) is 1.21. The molecule has 26 heavy (non-hydrogen) atoms. The van der Waals surface area contributed by atoms with E-state index in [0.29, 0.717) is 27.0 Å². The van der Waals surface area contributed by atoms with E-state index in [1.165, 1.54) is 12.0 Å². The van der Waals surface area contributed by atoms with E-state index in [1.54, 1.807) is 48.5 Å². The predicted octanol–water partition coefficient (Wildman–Crippen LogP) is 3.45. The molecule has 1 amide bonds. The van der Waals surface area contributed by atoms with Crippen LogP contribution in [0, 0.1) is 0 Å². The van der Waals surface area contributed by atoms with Crippen molar-refractivity contribution in [1.82, 2.24) is 0 Å². The third kappa shape index (κ3) is 2.95. The van der Waals surface area contributed by atoms with Crippen LogP contribution in [0.4, 0.5) is 5.69 Å². The number of carbonyl (C=O) groups excluding carboxylic acids is 2. The Morgan fingerprint density at radius 1 is 1.35 bits per heavy atom. The van der Waals surface area contributed by atoms with Crippen molar-refractivity contribution in [2.75, 3.05) is 18.6 Å². The summed E-state index contributed by atoms with van der Waals surface area (Å²) < 4.78 is 5.94. The summed E-state index contributed by atoms with van der Waals surface area (Å²) in [7, 11) is 1.47. The molecular formula is C20H18BrNO4. The van der Waals surface area contributed by atoms with Crippen molar-refractivity contribution >= 4 is 33.3 Å². The van der Waals surface area contributed by atoms with E-state index in [4.69, 9.17) is 4.74 Å². The molecule has 5 nitrogen and oxygen atoms in total. The zero-order chi connectivity index (χ0) is 18.9. The fraction of sp³-hybridized carbons (Fsp3) is 0.200. The van der Waals surface area contributed by atoms with Crippen molar-refractivity contribution in [3.8, 4) is 5.75 Å². The number of rotatable bonds is 6. The summed E-state index contributed by atoms with van der Waals surface area (Å²) in [4.78, 5) is 27.2. The fourth-order valence-electron chi connectivity index (χ4n) is 3.21. The highest BCUT2D eigenvalue weighted by Crippen LogP contribution is 2.44. The Morgan fingerprint density at radius 2 is 2.08 bits per heavy atom. The molecule has 1 N–H and O–H groups in total. The van der Waals surface area contributed by atoms with E-state index >= 15 is 0 Å². The molecule has 1 heterocycles. The van der Waals surface area contributed by atoms with Gasteiger partial charge in [0.05, 0.1) is 24.8 Å². The summed E-state index contributed by atoms with van der Waals surface area (Å²) in [6, 6.07) is 12.0. The van der Waals surface area contributed by atoms with Crippen LogP contribution in [0.1, 0.15) is 22.3 Å². The van der Waals surface area contributed by atoms with E-state index in [0.717, 1.165) is 0 Å². The van der Waals surface area contributed by atoms with Crippen molar-refractivity contribution in [1.29, 1.82) is 0 Å². The van der Waals surface area contributed by atoms with Gasteiger partial charge in [0, 0.05) is 16.6 Å². The Morgan fingerprint density at radius 3 is 2.77 bits per heavy atom. The molecule has 1 unspecified atom stereocenters. The normalized spacial score (nSPS) is 18.6. The third-order valence-corrected chi connectivity index (χ3v) is 4.92. The van der Waals surface area contributed by atoms with E-state index in [-0.39, 0.29) is 18.7 Å². The number of para-hydroxylation sites is 1. The first kappa shape index (κ1) is 18.4. The number of hydrogen-bond donors (Lipinski definition) is 1. The Hall–Kier alpha value is -2.44. The second-order valence-corrected chi connectivity index (χ2v) is 6.94. The van der Waals surface area contributed by atoms with Gasteiger partial charge in [-0.25, -0.2) is 0 Å². The minimum absolute atomic E-state index is 0.249. The summed E-state index contributed by atoms with van der Waals surface area (Å²) in [6.45, 7) is 3.91. The van der Waals surface area contributed by atoms with Crippen molar-refractivity contribution in [3.63, 3.8) is 0 Å². The molecule has 134 valence electrons. The number of fused-ring (bicyclic) bond motifs is 1. The quantitative estimate of drug-likeness (QED) is 0.579. The molecule has 1 atom stereocenters. The van der Waals surface area contributed by atoms with E-state index in [9.17, 15) is 14.7 Å². The molecule has 1 aliphatic rings. The monoisotopic (exact) mass is 415 g/mol. The van der Waals surface area contributed by atoms with Gasteiger partial charge in [-0.05, 0) is 30.3 Å². The highest BCUT2D eigenvalue weighted by molar-refractivity contribution is 9.10. The average molecular weight is 416 g/mol. The minimum Gasteiger partial charge on any atom is -0.496 e. The topological polar surface area (TPSA) is 66.8 Å². The number of nitrogens with zero attached hydrogens (tertiary/aromatic N) is 1. The number of hydrogen-bond acceptors (Lipinski definition) is 4. The summed E-state index contributed by atoms with van der Waals surface area (Å²) in [5.74, 6) is -0.498. The number of halogens is 1. The van der Waals surface area contributed by atoms with Crippen LogP contribution < -0.4 is 9.64 Å². The number of methoxy groups -OCH3 is 1. The van der Waals surface area contributed by atoms with Crippen molar-refractivity contribution in [3.05, 3.63) is 70.7 Å². The molecular weight excluding hydrogens is 398 g/mol. The first-order chi connectivity index (χ1) is 12.4. The molecule has 0 saturated carbocycles. The number of Topliss-reactive ketones (excluding diaryl/α,β-unsaturated/α-hetero) is 1. The highest BCUT2D eigenvalue weighted by atomic mass is 79.9. The highest BCUT2D eigenvalue weighted by Gasteiger charge is 2.50. The molecule has 2 aromatic rings. The number of ether oxygens (including phenoxy) is 1. The smallest absolute Gasteiger partial charge is 0.264 e. The standard InChI is InChI=1S/C20H18BrNO4/c1-3-10-22-16-9-8-13(21)11-15(16)20(25,19(22)24)12-17(23)14-6-4-5-7-18(14)26-2/h3-9,11,25H,1,10,12H2,2H3. The second kappa shape index (κ2) is 7.05. The van der Waals surface area contributed by atoms with Crippen LogP contribution in [0.25, 0.3) is 0 Å². The lowest BCUT2D eigenvalue weighted by Gasteiger charge is -2.22. The first-order valence-electron chi connectivity index (χ1n) is 8.04. The average Bonchev–Trinajstić information content (AvgIpc) is 2.83. The predicted molar refractivity (Wildman–Crippen MR) is 103 cm³/mol. The van der Waals surface area contributed by atoms with Gasteiger partial charge in [0.2, 0.25) is 0 Å². The minimum atomic E-state index is -1.93. The zero-order valence-electron chi connectivity index (χ0n) is 14.2. The molecule has 0 saturated heterocycles. The van der Waals surface area contributed by atoms with Gasteiger partial charge in [-0.2, -0.15) is 0 Å². The molecule has 0 bridgehead atoms. The van der Waals surface area contributed by atoms with Gasteiger partial charge < -0.3 is 14.7 Å². The van der Waals surface area contributed by atoms with Gasteiger partial charge in [0.15, 0.2) is 11.4 Å². The van der Waals surface area contributed by atoms with Gasteiger partial charge in [-0.15, -0.1) is 6.58 Å². The second-order valence-electron chi connectivity index (χ2n) is 6.03. The fourth-order valence-corrected chi connectivity index (χ4v) is 3.57. The van der Waals surface area contributed by atoms with Gasteiger partial charge in [0.1, 0.15) is 5.75 Å². The number of anilines is 1. The van der Waals surface area contributed by atoms with E-state index < -0.39 is 11.5 Å². The number of benzene rings is 2. The van der Waals surface area contributed by atoms with Crippen LogP contribution >= 0.6 is 15.9 Å². The Balaban J connectivity index is 2.03. The lowest BCUT2D eigenvalue weighted by Crippen LogP contribution is -2.42. The van der Waals surface area contributed by atoms with Crippen LogP contribution in [-0.2, 0) is 10.4 Å².